The van der Waals surface area contributed by atoms with Crippen LogP contribution in [0.25, 0.3) is 22.0 Å². The third-order valence-corrected chi connectivity index (χ3v) is 17.5. The number of carbonyl (C=O) groups excluding carboxylic acids is 4. The molecule has 5 N–H and O–H groups in total. The lowest BCUT2D eigenvalue weighted by molar-refractivity contribution is -0.145. The molecule has 4 atom stereocenters. The van der Waals surface area contributed by atoms with Gasteiger partial charge in [0.05, 0.1) is 22.6 Å². The van der Waals surface area contributed by atoms with Crippen LogP contribution < -0.4 is 30.7 Å². The van der Waals surface area contributed by atoms with Gasteiger partial charge in [0, 0.05) is 105 Å². The van der Waals surface area contributed by atoms with Gasteiger partial charge in [-0.15, -0.1) is 0 Å². The average Bonchev–Trinajstić information content (AvgIpc) is 3.88. The summed E-state index contributed by atoms with van der Waals surface area (Å²) in [6.07, 6.45) is 6.07. The topological polar surface area (TPSA) is 197 Å². The molecule has 2 aromatic heterocycles. The standard InChI is InChI=1S/C56H64ClF4N9O7/c1-30-27-68(18-14-35(30)43-38(58)24-36-49(47(43)60)67(4)66-51(36)70-21-15-41(72)65-54(70)75)28-32-12-19-69(20-13-32)53(74)55(3)16-10-34(11-17-55)64-29-56(33-8-6-5-7-9-33)31(2)42-40(77-56)25-39(59)46(57)45(42)44-37(50(62)73)26-63-52(48(44)61)76-23-22-71/h5-9,24-26,30-32,34-35,64,71H,10-23,27-29H2,1-4H3,(H2,62,73)(H,65,72,75)/t30?,31-,34?,35+,55?,56-/m0/s1. The normalized spacial score (nSPS) is 25.2. The lowest BCUT2D eigenvalue weighted by Crippen LogP contribution is -2.52. The average molecular weight is 1090 g/mol. The largest absolute Gasteiger partial charge is 0.480 e. The van der Waals surface area contributed by atoms with Crippen LogP contribution in [0.2, 0.25) is 5.02 Å². The van der Waals surface area contributed by atoms with Crippen LogP contribution in [-0.2, 0) is 22.2 Å². The highest BCUT2D eigenvalue weighted by molar-refractivity contribution is 6.34. The van der Waals surface area contributed by atoms with Gasteiger partial charge in [0.2, 0.25) is 11.8 Å². The number of primary amides is 1. The number of nitrogens with two attached hydrogens (primary N) is 1. The quantitative estimate of drug-likeness (QED) is 0.0786. The number of pyridine rings is 1. The number of nitrogens with one attached hydrogen (secondary N) is 2. The SMILES string of the molecule is CC1CN(CC2CCN(C(=O)C3(C)CCC(NC[C@]4(c5ccccc5)Oc5cc(F)c(Cl)c(-c6c(C(N)=O)cnc(OCCO)c6F)c5[C@@H]4C)CC3)CC2)CC[C@H]1c1c(F)cc2c(N3CCC(=O)NC3=O)nn(C)c2c1F. The van der Waals surface area contributed by atoms with E-state index < -0.39 is 75.6 Å². The van der Waals surface area contributed by atoms with Gasteiger partial charge in [0.15, 0.2) is 23.1 Å². The third-order valence-electron chi connectivity index (χ3n) is 17.1. The zero-order valence-electron chi connectivity index (χ0n) is 43.6. The fourth-order valence-electron chi connectivity index (χ4n) is 12.9. The van der Waals surface area contributed by atoms with Crippen molar-refractivity contribution in [3.05, 3.63) is 99.2 Å². The number of aliphatic hydroxyl groups excluding tert-OH is 1. The molecule has 6 heterocycles. The summed E-state index contributed by atoms with van der Waals surface area (Å²) in [5.41, 5.74) is 4.43. The first kappa shape index (κ1) is 54.0. The van der Waals surface area contributed by atoms with Crippen LogP contribution in [0.5, 0.6) is 11.6 Å². The maximum Gasteiger partial charge on any atom is 0.329 e. The lowest BCUT2D eigenvalue weighted by Gasteiger charge is -2.44. The van der Waals surface area contributed by atoms with E-state index >= 15 is 17.6 Å². The molecular weight excluding hydrogens is 1020 g/mol. The van der Waals surface area contributed by atoms with Crippen molar-refractivity contribution in [3.63, 3.8) is 0 Å². The van der Waals surface area contributed by atoms with E-state index in [0.717, 1.165) is 31.1 Å². The van der Waals surface area contributed by atoms with Crippen molar-refractivity contribution in [1.29, 1.82) is 0 Å². The molecule has 0 bridgehead atoms. The van der Waals surface area contributed by atoms with E-state index in [1.165, 1.54) is 21.7 Å². The summed E-state index contributed by atoms with van der Waals surface area (Å²) in [5, 5.41) is 19.4. The second-order valence-corrected chi connectivity index (χ2v) is 22.3. The van der Waals surface area contributed by atoms with Crippen molar-refractivity contribution in [1.82, 2.24) is 35.2 Å². The van der Waals surface area contributed by atoms with Gasteiger partial charge in [0.1, 0.15) is 29.5 Å². The maximum absolute atomic E-state index is 16.5. The number of rotatable bonds is 14. The minimum Gasteiger partial charge on any atom is -0.480 e. The van der Waals surface area contributed by atoms with Crippen LogP contribution in [-0.4, -0.2) is 118 Å². The Hall–Kier alpha value is -6.35. The Morgan fingerprint density at radius 1 is 0.961 bits per heavy atom. The van der Waals surface area contributed by atoms with Crippen molar-refractivity contribution in [2.45, 2.75) is 95.6 Å². The predicted molar refractivity (Wildman–Crippen MR) is 280 cm³/mol. The molecule has 5 amide bonds. The number of amides is 5. The molecule has 3 aromatic carbocycles. The number of benzene rings is 3. The maximum atomic E-state index is 16.5. The molecule has 16 nitrogen and oxygen atoms in total. The van der Waals surface area contributed by atoms with E-state index in [0.29, 0.717) is 69.8 Å². The number of aliphatic hydroxyl groups is 1. The number of imide groups is 1. The minimum absolute atomic E-state index is 0.000425. The van der Waals surface area contributed by atoms with Crippen LogP contribution in [0.15, 0.2) is 48.7 Å². The summed E-state index contributed by atoms with van der Waals surface area (Å²) in [5.74, 6) is -5.61. The molecule has 3 saturated heterocycles. The lowest BCUT2D eigenvalue weighted by atomic mass is 9.72. The number of piperidine rings is 2. The van der Waals surface area contributed by atoms with E-state index in [4.69, 9.17) is 26.8 Å². The molecule has 1 unspecified atom stereocenters. The molecule has 0 radical (unpaired) electrons. The third kappa shape index (κ3) is 9.88. The molecule has 21 heteroatoms. The smallest absolute Gasteiger partial charge is 0.329 e. The number of likely N-dealkylation sites (tertiary alicyclic amines) is 2. The van der Waals surface area contributed by atoms with Crippen LogP contribution >= 0.6 is 11.6 Å². The fraction of sp³-hybridized carbons (Fsp3) is 0.500. The monoisotopic (exact) mass is 1090 g/mol. The van der Waals surface area contributed by atoms with Gasteiger partial charge in [0.25, 0.3) is 11.8 Å². The second kappa shape index (κ2) is 21.5. The number of anilines is 1. The van der Waals surface area contributed by atoms with E-state index in [-0.39, 0.29) is 94.6 Å². The minimum atomic E-state index is -1.16. The van der Waals surface area contributed by atoms with Crippen molar-refractivity contribution in [2.75, 3.05) is 63.9 Å². The summed E-state index contributed by atoms with van der Waals surface area (Å²) in [4.78, 5) is 61.0. The summed E-state index contributed by atoms with van der Waals surface area (Å²) in [6, 6.07) is 11.2. The second-order valence-electron chi connectivity index (χ2n) is 21.9. The van der Waals surface area contributed by atoms with Crippen LogP contribution in [0.1, 0.15) is 111 Å². The van der Waals surface area contributed by atoms with Gasteiger partial charge in [-0.25, -0.2) is 27.3 Å². The Kier molecular flexibility index (Phi) is 15.1. The number of nitrogens with zero attached hydrogens (tertiary/aromatic N) is 6. The summed E-state index contributed by atoms with van der Waals surface area (Å²) >= 11 is 6.71. The van der Waals surface area contributed by atoms with E-state index in [2.05, 4.69) is 32.5 Å². The summed E-state index contributed by atoms with van der Waals surface area (Å²) in [6.45, 7) is 8.99. The molecule has 5 aromatic rings. The molecule has 77 heavy (non-hydrogen) atoms. The number of hydrogen-bond donors (Lipinski definition) is 4. The molecular formula is C56H64ClF4N9O7. The van der Waals surface area contributed by atoms with Gasteiger partial charge in [-0.05, 0) is 80.9 Å². The highest BCUT2D eigenvalue weighted by Gasteiger charge is 2.51. The highest BCUT2D eigenvalue weighted by atomic mass is 35.5. The van der Waals surface area contributed by atoms with Crippen molar-refractivity contribution < 1.29 is 51.3 Å². The molecule has 4 fully saturated rings. The highest BCUT2D eigenvalue weighted by Crippen LogP contribution is 2.57. The van der Waals surface area contributed by atoms with Gasteiger partial charge in [-0.2, -0.15) is 5.10 Å². The molecule has 4 aliphatic heterocycles. The first-order valence-electron chi connectivity index (χ1n) is 26.5. The van der Waals surface area contributed by atoms with Gasteiger partial charge in [-0.3, -0.25) is 29.3 Å². The molecule has 0 spiro atoms. The Bertz CT molecular complexity index is 3130. The van der Waals surface area contributed by atoms with E-state index in [1.54, 1.807) is 7.05 Å². The number of urea groups is 1. The Morgan fingerprint density at radius 2 is 1.69 bits per heavy atom. The van der Waals surface area contributed by atoms with Gasteiger partial charge >= 0.3 is 6.03 Å². The number of hydrogen-bond acceptors (Lipinski definition) is 11. The van der Waals surface area contributed by atoms with Gasteiger partial charge in [-0.1, -0.05) is 62.7 Å². The Labute approximate surface area is 448 Å². The van der Waals surface area contributed by atoms with Gasteiger partial charge < -0.3 is 35.4 Å². The number of fused-ring (bicyclic) bond motifs is 2. The number of aromatic nitrogens is 3. The molecule has 410 valence electrons. The number of aryl methyl sites for hydroxylation is 1. The first-order chi connectivity index (χ1) is 36.8. The van der Waals surface area contributed by atoms with E-state index in [1.807, 2.05) is 49.1 Å². The fourth-order valence-corrected chi connectivity index (χ4v) is 13.1. The zero-order valence-corrected chi connectivity index (χ0v) is 44.3. The molecule has 1 saturated carbocycles. The van der Waals surface area contributed by atoms with Crippen LogP contribution in [0.4, 0.5) is 28.2 Å². The molecule has 1 aliphatic carbocycles. The predicted octanol–water partition coefficient (Wildman–Crippen LogP) is 8.06. The first-order valence-corrected chi connectivity index (χ1v) is 26.9. The number of carbonyl (C=O) groups is 4. The number of ether oxygens (including phenoxy) is 2. The zero-order chi connectivity index (χ0) is 54.7. The van der Waals surface area contributed by atoms with Crippen LogP contribution in [0, 0.1) is 40.5 Å². The molecule has 10 rings (SSSR count). The van der Waals surface area contributed by atoms with Crippen molar-refractivity contribution in [2.24, 2.45) is 30.0 Å². The summed E-state index contributed by atoms with van der Waals surface area (Å²) in [7, 11) is 1.56. The van der Waals surface area contributed by atoms with Crippen LogP contribution in [0.3, 0.4) is 0 Å². The van der Waals surface area contributed by atoms with Crippen molar-refractivity contribution in [3.8, 4) is 22.8 Å². The summed E-state index contributed by atoms with van der Waals surface area (Å²) < 4.78 is 78.3. The number of halogens is 5. The Morgan fingerprint density at radius 3 is 2.36 bits per heavy atom. The van der Waals surface area contributed by atoms with E-state index in [9.17, 15) is 24.3 Å². The molecule has 5 aliphatic rings. The Balaban J connectivity index is 0.758. The van der Waals surface area contributed by atoms with Crippen molar-refractivity contribution >= 4 is 52.1 Å².